The molecule has 1 aromatic carbocycles. The highest BCUT2D eigenvalue weighted by molar-refractivity contribution is 7.86. The normalized spacial score (nSPS) is 23.6. The van der Waals surface area contributed by atoms with Gasteiger partial charge in [0.1, 0.15) is 12.1 Å². The number of aryl methyl sites for hydroxylation is 2. The SMILES string of the molecule is Cc1ncnc(C)c1C(=O)N1CC2CN(CCC(c3cccc(F)c3)C3CCN(S(=O)(=O)N(C)C)CC3)CC2C1. The Kier molecular flexibility index (Phi) is 8.56. The maximum atomic E-state index is 14.2. The summed E-state index contributed by atoms with van der Waals surface area (Å²) in [6.07, 6.45) is 3.93. The Morgan fingerprint density at radius 2 is 1.68 bits per heavy atom. The molecule has 1 aromatic heterocycles. The number of nitrogens with zero attached hydrogens (tertiary/aromatic N) is 6. The zero-order valence-corrected chi connectivity index (χ0v) is 24.8. The molecule has 4 heterocycles. The Labute approximate surface area is 237 Å². The molecule has 3 aliphatic heterocycles. The highest BCUT2D eigenvalue weighted by atomic mass is 32.2. The summed E-state index contributed by atoms with van der Waals surface area (Å²) in [5, 5.41) is 0. The first kappa shape index (κ1) is 29.0. The minimum Gasteiger partial charge on any atom is -0.338 e. The zero-order chi connectivity index (χ0) is 28.6. The number of hydrogen-bond donors (Lipinski definition) is 0. The number of fused-ring (bicyclic) bond motifs is 1. The van der Waals surface area contributed by atoms with Gasteiger partial charge >= 0.3 is 0 Å². The van der Waals surface area contributed by atoms with E-state index in [1.807, 2.05) is 24.8 Å². The molecule has 3 atom stereocenters. The molecule has 0 aliphatic carbocycles. The second-order valence-electron chi connectivity index (χ2n) is 11.9. The number of aromatic nitrogens is 2. The van der Waals surface area contributed by atoms with E-state index in [9.17, 15) is 17.6 Å². The fourth-order valence-electron chi connectivity index (χ4n) is 6.97. The van der Waals surface area contributed by atoms with Crippen LogP contribution in [0.2, 0.25) is 0 Å². The number of likely N-dealkylation sites (tertiary alicyclic amines) is 2. The Morgan fingerprint density at radius 3 is 2.25 bits per heavy atom. The second kappa shape index (κ2) is 11.8. The molecular formula is C29H41FN6O3S. The van der Waals surface area contributed by atoms with Crippen molar-refractivity contribution in [3.63, 3.8) is 0 Å². The van der Waals surface area contributed by atoms with Crippen molar-refractivity contribution in [1.82, 2.24) is 28.4 Å². The number of rotatable bonds is 8. The predicted octanol–water partition coefficient (Wildman–Crippen LogP) is 2.93. The van der Waals surface area contributed by atoms with Crippen LogP contribution < -0.4 is 0 Å². The summed E-state index contributed by atoms with van der Waals surface area (Å²) >= 11 is 0. The molecule has 3 aliphatic rings. The van der Waals surface area contributed by atoms with Gasteiger partial charge in [-0.1, -0.05) is 12.1 Å². The summed E-state index contributed by atoms with van der Waals surface area (Å²) in [5.41, 5.74) is 3.08. The van der Waals surface area contributed by atoms with E-state index in [1.165, 1.54) is 16.7 Å². The quantitative estimate of drug-likeness (QED) is 0.483. The summed E-state index contributed by atoms with van der Waals surface area (Å²) in [6, 6.07) is 6.91. The van der Waals surface area contributed by atoms with Gasteiger partial charge in [-0.3, -0.25) is 4.79 Å². The van der Waals surface area contributed by atoms with Gasteiger partial charge in [-0.25, -0.2) is 14.4 Å². The van der Waals surface area contributed by atoms with Gasteiger partial charge in [0.25, 0.3) is 16.1 Å². The Bertz CT molecular complexity index is 1300. The molecular weight excluding hydrogens is 531 g/mol. The molecule has 0 saturated carbocycles. The molecule has 1 amide bonds. The average molecular weight is 573 g/mol. The molecule has 0 bridgehead atoms. The molecule has 5 rings (SSSR count). The summed E-state index contributed by atoms with van der Waals surface area (Å²) < 4.78 is 42.3. The van der Waals surface area contributed by atoms with Crippen LogP contribution in [-0.2, 0) is 10.2 Å². The summed E-state index contributed by atoms with van der Waals surface area (Å²) in [5.74, 6) is 1.16. The zero-order valence-electron chi connectivity index (χ0n) is 24.0. The molecule has 218 valence electrons. The van der Waals surface area contributed by atoms with Crippen molar-refractivity contribution in [2.24, 2.45) is 17.8 Å². The summed E-state index contributed by atoms with van der Waals surface area (Å²) in [7, 11) is -0.294. The van der Waals surface area contributed by atoms with Crippen LogP contribution in [-0.4, -0.2) is 103 Å². The standard InChI is InChI=1S/C29H41FN6O3S/c1-20-28(21(2)32-19-31-20)29(37)35-17-24-15-34(16-25(24)18-35)11-10-27(23-6-5-7-26(30)14-23)22-8-12-36(13-9-22)40(38,39)33(3)4/h5-7,14,19,22,24-25,27H,8-13,15-18H2,1-4H3. The van der Waals surface area contributed by atoms with Gasteiger partial charge in [-0.15, -0.1) is 0 Å². The Hall–Kier alpha value is -2.47. The smallest absolute Gasteiger partial charge is 0.281 e. The Morgan fingerprint density at radius 1 is 1.05 bits per heavy atom. The van der Waals surface area contributed by atoms with E-state index in [2.05, 4.69) is 14.9 Å². The van der Waals surface area contributed by atoms with Crippen LogP contribution in [0.3, 0.4) is 0 Å². The van der Waals surface area contributed by atoms with E-state index < -0.39 is 10.2 Å². The first-order valence-corrected chi connectivity index (χ1v) is 15.7. The number of amides is 1. The predicted molar refractivity (Wildman–Crippen MR) is 151 cm³/mol. The highest BCUT2D eigenvalue weighted by Crippen LogP contribution is 2.38. The van der Waals surface area contributed by atoms with Gasteiger partial charge in [-0.05, 0) is 81.0 Å². The Balaban J connectivity index is 1.20. The topological polar surface area (TPSA) is 90.0 Å². The van der Waals surface area contributed by atoms with E-state index in [0.29, 0.717) is 36.4 Å². The lowest BCUT2D eigenvalue weighted by Crippen LogP contribution is -2.45. The molecule has 3 unspecified atom stereocenters. The van der Waals surface area contributed by atoms with Crippen molar-refractivity contribution in [2.75, 3.05) is 59.9 Å². The average Bonchev–Trinajstić information content (AvgIpc) is 3.48. The first-order valence-electron chi connectivity index (χ1n) is 14.3. The minimum absolute atomic E-state index is 0.0327. The molecule has 11 heteroatoms. The molecule has 40 heavy (non-hydrogen) atoms. The van der Waals surface area contributed by atoms with E-state index in [0.717, 1.165) is 68.9 Å². The largest absolute Gasteiger partial charge is 0.338 e. The minimum atomic E-state index is -3.42. The molecule has 3 fully saturated rings. The maximum Gasteiger partial charge on any atom is 0.281 e. The molecule has 3 saturated heterocycles. The van der Waals surface area contributed by atoms with Crippen molar-refractivity contribution >= 4 is 16.1 Å². The molecule has 0 spiro atoms. The van der Waals surface area contributed by atoms with Gasteiger partial charge in [0.2, 0.25) is 0 Å². The lowest BCUT2D eigenvalue weighted by atomic mass is 9.78. The number of hydrogen-bond acceptors (Lipinski definition) is 6. The van der Waals surface area contributed by atoms with Crippen molar-refractivity contribution < 1.29 is 17.6 Å². The van der Waals surface area contributed by atoms with Crippen LogP contribution in [0.4, 0.5) is 4.39 Å². The fraction of sp³-hybridized carbons (Fsp3) is 0.621. The van der Waals surface area contributed by atoms with E-state index in [4.69, 9.17) is 0 Å². The van der Waals surface area contributed by atoms with Crippen molar-refractivity contribution in [3.05, 3.63) is 58.9 Å². The molecule has 0 N–H and O–H groups in total. The number of carbonyl (C=O) groups excluding carboxylic acids is 1. The van der Waals surface area contributed by atoms with E-state index >= 15 is 0 Å². The third-order valence-electron chi connectivity index (χ3n) is 9.18. The highest BCUT2D eigenvalue weighted by Gasteiger charge is 2.42. The van der Waals surface area contributed by atoms with Crippen LogP contribution in [0.5, 0.6) is 0 Å². The monoisotopic (exact) mass is 572 g/mol. The van der Waals surface area contributed by atoms with Crippen molar-refractivity contribution in [3.8, 4) is 0 Å². The van der Waals surface area contributed by atoms with Crippen LogP contribution >= 0.6 is 0 Å². The third kappa shape index (κ3) is 5.93. The van der Waals surface area contributed by atoms with Crippen LogP contribution in [0.25, 0.3) is 0 Å². The number of benzene rings is 1. The maximum absolute atomic E-state index is 14.2. The van der Waals surface area contributed by atoms with Crippen molar-refractivity contribution in [1.29, 1.82) is 0 Å². The van der Waals surface area contributed by atoms with Crippen molar-refractivity contribution in [2.45, 2.75) is 39.0 Å². The lowest BCUT2D eigenvalue weighted by Gasteiger charge is -2.37. The van der Waals surface area contributed by atoms with Gasteiger partial charge in [-0.2, -0.15) is 17.0 Å². The van der Waals surface area contributed by atoms with Gasteiger partial charge < -0.3 is 9.80 Å². The van der Waals surface area contributed by atoms with Crippen LogP contribution in [0.15, 0.2) is 30.6 Å². The molecule has 0 radical (unpaired) electrons. The number of carbonyl (C=O) groups is 1. The third-order valence-corrected chi connectivity index (χ3v) is 11.1. The number of piperidine rings is 1. The molecule has 9 nitrogen and oxygen atoms in total. The molecule has 2 aromatic rings. The van der Waals surface area contributed by atoms with Crippen LogP contribution in [0.1, 0.15) is 52.5 Å². The van der Waals surface area contributed by atoms with Gasteiger partial charge in [0, 0.05) is 53.4 Å². The fourth-order valence-corrected chi connectivity index (χ4v) is 8.11. The van der Waals surface area contributed by atoms with Crippen LogP contribution in [0, 0.1) is 37.4 Å². The summed E-state index contributed by atoms with van der Waals surface area (Å²) in [4.78, 5) is 26.2. The van der Waals surface area contributed by atoms with Gasteiger partial charge in [0.05, 0.1) is 17.0 Å². The second-order valence-corrected chi connectivity index (χ2v) is 14.0. The first-order chi connectivity index (χ1) is 19.0. The van der Waals surface area contributed by atoms with E-state index in [-0.39, 0.29) is 17.6 Å². The number of halogens is 1. The van der Waals surface area contributed by atoms with E-state index in [1.54, 1.807) is 30.5 Å². The lowest BCUT2D eigenvalue weighted by molar-refractivity contribution is 0.0771. The summed E-state index contributed by atoms with van der Waals surface area (Å²) in [6.45, 7) is 9.00. The van der Waals surface area contributed by atoms with Gasteiger partial charge in [0.15, 0.2) is 0 Å².